The number of benzene rings is 1. The monoisotopic (exact) mass is 212 g/mol. The Bertz CT molecular complexity index is 440. The molecule has 0 spiro atoms. The molecule has 2 aliphatic rings. The van der Waals surface area contributed by atoms with E-state index in [0.29, 0.717) is 0 Å². The van der Waals surface area contributed by atoms with Crippen LogP contribution < -0.4 is 0 Å². The quantitative estimate of drug-likeness (QED) is 0.715. The molecule has 1 aromatic carbocycles. The highest BCUT2D eigenvalue weighted by Crippen LogP contribution is 2.42. The van der Waals surface area contributed by atoms with Gasteiger partial charge in [-0.1, -0.05) is 24.3 Å². The number of aryl methyl sites for hydroxylation is 1. The van der Waals surface area contributed by atoms with Gasteiger partial charge < -0.3 is 0 Å². The summed E-state index contributed by atoms with van der Waals surface area (Å²) in [5.41, 5.74) is 2.32. The lowest BCUT2D eigenvalue weighted by molar-refractivity contribution is 0.174. The maximum absolute atomic E-state index is 9.63. The summed E-state index contributed by atoms with van der Waals surface area (Å²) < 4.78 is 0. The van der Waals surface area contributed by atoms with Crippen molar-refractivity contribution in [1.82, 2.24) is 4.90 Å². The largest absolute Gasteiger partial charge is 0.282 e. The molecule has 1 aliphatic heterocycles. The molecule has 2 heteroatoms. The first-order chi connectivity index (χ1) is 7.87. The third-order valence-corrected chi connectivity index (χ3v) is 4.05. The van der Waals surface area contributed by atoms with Crippen LogP contribution in [-0.4, -0.2) is 18.0 Å². The van der Waals surface area contributed by atoms with E-state index in [2.05, 4.69) is 35.2 Å². The maximum Gasteiger partial charge on any atom is 0.135 e. The van der Waals surface area contributed by atoms with Gasteiger partial charge in [-0.05, 0) is 36.8 Å². The third-order valence-electron chi connectivity index (χ3n) is 4.05. The van der Waals surface area contributed by atoms with Crippen molar-refractivity contribution in [1.29, 1.82) is 5.26 Å². The van der Waals surface area contributed by atoms with Gasteiger partial charge in [0.15, 0.2) is 0 Å². The van der Waals surface area contributed by atoms with E-state index in [4.69, 9.17) is 0 Å². The van der Waals surface area contributed by atoms with Gasteiger partial charge in [0, 0.05) is 13.1 Å². The first kappa shape index (κ1) is 9.86. The highest BCUT2D eigenvalue weighted by molar-refractivity contribution is 5.43. The smallest absolute Gasteiger partial charge is 0.135 e. The number of hydrogen-bond acceptors (Lipinski definition) is 2. The molecule has 0 radical (unpaired) electrons. The van der Waals surface area contributed by atoms with Crippen LogP contribution in [0.2, 0.25) is 0 Å². The lowest BCUT2D eigenvalue weighted by Gasteiger charge is -2.33. The van der Waals surface area contributed by atoms with Crippen molar-refractivity contribution in [3.8, 4) is 6.07 Å². The Hall–Kier alpha value is -1.33. The van der Waals surface area contributed by atoms with Gasteiger partial charge in [-0.2, -0.15) is 5.26 Å². The normalized spacial score (nSPS) is 28.9. The summed E-state index contributed by atoms with van der Waals surface area (Å²) in [7, 11) is 0. The van der Waals surface area contributed by atoms with E-state index in [0.717, 1.165) is 25.9 Å². The van der Waals surface area contributed by atoms with E-state index in [1.807, 2.05) is 0 Å². The fourth-order valence-electron chi connectivity index (χ4n) is 3.21. The fraction of sp³-hybridized carbons (Fsp3) is 0.500. The zero-order valence-electron chi connectivity index (χ0n) is 9.45. The summed E-state index contributed by atoms with van der Waals surface area (Å²) in [6.45, 7) is 2.17. The number of nitrogens with zero attached hydrogens (tertiary/aromatic N) is 2. The molecule has 3 rings (SSSR count). The van der Waals surface area contributed by atoms with Crippen LogP contribution in [0.15, 0.2) is 24.3 Å². The van der Waals surface area contributed by atoms with E-state index < -0.39 is 0 Å². The summed E-state index contributed by atoms with van der Waals surface area (Å²) in [5.74, 6) is 0. The molecular formula is C14H16N2. The minimum Gasteiger partial charge on any atom is -0.282 e. The van der Waals surface area contributed by atoms with Gasteiger partial charge in [0.2, 0.25) is 0 Å². The van der Waals surface area contributed by atoms with Crippen LogP contribution in [-0.2, 0) is 12.0 Å². The molecule has 0 saturated carbocycles. The molecule has 2 nitrogen and oxygen atoms in total. The third kappa shape index (κ3) is 1.22. The standard InChI is InChI=1S/C14H16N2/c15-11-14(16-9-3-4-10-16)8-7-12-5-1-2-6-13(12)14/h1-2,5-6H,3-4,7-10H2. The summed E-state index contributed by atoms with van der Waals surface area (Å²) >= 11 is 0. The van der Waals surface area contributed by atoms with Crippen LogP contribution in [0, 0.1) is 11.3 Å². The van der Waals surface area contributed by atoms with E-state index in [-0.39, 0.29) is 5.54 Å². The van der Waals surface area contributed by atoms with Gasteiger partial charge in [0.1, 0.15) is 5.54 Å². The molecule has 1 unspecified atom stereocenters. The lowest BCUT2D eigenvalue weighted by atomic mass is 9.91. The molecule has 1 fully saturated rings. The van der Waals surface area contributed by atoms with Crippen LogP contribution in [0.4, 0.5) is 0 Å². The molecule has 1 atom stereocenters. The first-order valence-electron chi connectivity index (χ1n) is 6.11. The molecule has 0 N–H and O–H groups in total. The number of nitriles is 1. The van der Waals surface area contributed by atoms with Crippen LogP contribution in [0.3, 0.4) is 0 Å². The average Bonchev–Trinajstić information content (AvgIpc) is 2.97. The van der Waals surface area contributed by atoms with Crippen LogP contribution in [0.1, 0.15) is 30.4 Å². The number of likely N-dealkylation sites (tertiary alicyclic amines) is 1. The average molecular weight is 212 g/mol. The Morgan fingerprint density at radius 1 is 1.19 bits per heavy atom. The molecule has 1 saturated heterocycles. The van der Waals surface area contributed by atoms with Gasteiger partial charge in [0.25, 0.3) is 0 Å². The minimum absolute atomic E-state index is 0.312. The molecule has 0 amide bonds. The molecule has 1 heterocycles. The first-order valence-corrected chi connectivity index (χ1v) is 6.11. The molecule has 16 heavy (non-hydrogen) atoms. The van der Waals surface area contributed by atoms with E-state index in [1.54, 1.807) is 0 Å². The topological polar surface area (TPSA) is 27.0 Å². The highest BCUT2D eigenvalue weighted by Gasteiger charge is 2.44. The van der Waals surface area contributed by atoms with Gasteiger partial charge in [-0.3, -0.25) is 4.90 Å². The van der Waals surface area contributed by atoms with Gasteiger partial charge in [-0.25, -0.2) is 0 Å². The molecular weight excluding hydrogens is 196 g/mol. The predicted molar refractivity (Wildman–Crippen MR) is 62.9 cm³/mol. The van der Waals surface area contributed by atoms with Crippen LogP contribution in [0.5, 0.6) is 0 Å². The van der Waals surface area contributed by atoms with Crippen molar-refractivity contribution in [2.24, 2.45) is 0 Å². The zero-order chi connectivity index (χ0) is 11.0. The second-order valence-electron chi connectivity index (χ2n) is 4.82. The molecule has 0 aromatic heterocycles. The van der Waals surface area contributed by atoms with Gasteiger partial charge in [-0.15, -0.1) is 0 Å². The predicted octanol–water partition coefficient (Wildman–Crippen LogP) is 2.45. The Balaban J connectivity index is 2.07. The Kier molecular flexibility index (Phi) is 2.22. The zero-order valence-corrected chi connectivity index (χ0v) is 9.45. The second-order valence-corrected chi connectivity index (χ2v) is 4.82. The number of hydrogen-bond donors (Lipinski definition) is 0. The van der Waals surface area contributed by atoms with E-state index in [1.165, 1.54) is 24.0 Å². The maximum atomic E-state index is 9.63. The second kappa shape index (κ2) is 3.61. The molecule has 82 valence electrons. The number of fused-ring (bicyclic) bond motifs is 1. The van der Waals surface area contributed by atoms with Crippen molar-refractivity contribution in [3.63, 3.8) is 0 Å². The fourth-order valence-corrected chi connectivity index (χ4v) is 3.21. The van der Waals surface area contributed by atoms with Gasteiger partial charge in [0.05, 0.1) is 6.07 Å². The minimum atomic E-state index is -0.312. The Labute approximate surface area is 96.5 Å². The van der Waals surface area contributed by atoms with Crippen molar-refractivity contribution >= 4 is 0 Å². The van der Waals surface area contributed by atoms with Crippen LogP contribution >= 0.6 is 0 Å². The number of rotatable bonds is 1. The van der Waals surface area contributed by atoms with Crippen molar-refractivity contribution < 1.29 is 0 Å². The molecule has 0 bridgehead atoms. The van der Waals surface area contributed by atoms with Crippen molar-refractivity contribution in [2.45, 2.75) is 31.2 Å². The molecule has 1 aromatic rings. The van der Waals surface area contributed by atoms with E-state index in [9.17, 15) is 5.26 Å². The van der Waals surface area contributed by atoms with Crippen LogP contribution in [0.25, 0.3) is 0 Å². The SMILES string of the molecule is N#CC1(N2CCCC2)CCc2ccccc21. The van der Waals surface area contributed by atoms with Gasteiger partial charge >= 0.3 is 0 Å². The molecule has 1 aliphatic carbocycles. The summed E-state index contributed by atoms with van der Waals surface area (Å²) in [5, 5.41) is 9.63. The highest BCUT2D eigenvalue weighted by atomic mass is 15.2. The summed E-state index contributed by atoms with van der Waals surface area (Å²) in [4.78, 5) is 2.39. The summed E-state index contributed by atoms with van der Waals surface area (Å²) in [6, 6.07) is 11.1. The Morgan fingerprint density at radius 2 is 1.94 bits per heavy atom. The van der Waals surface area contributed by atoms with E-state index >= 15 is 0 Å². The summed E-state index contributed by atoms with van der Waals surface area (Å²) in [6.07, 6.45) is 4.51. The Morgan fingerprint density at radius 3 is 2.69 bits per heavy atom. The van der Waals surface area contributed by atoms with Crippen molar-refractivity contribution in [3.05, 3.63) is 35.4 Å². The van der Waals surface area contributed by atoms with Crippen molar-refractivity contribution in [2.75, 3.05) is 13.1 Å². The lowest BCUT2D eigenvalue weighted by Crippen LogP contribution is -2.41.